The highest BCUT2D eigenvalue weighted by Crippen LogP contribution is 2.35. The van der Waals surface area contributed by atoms with E-state index in [9.17, 15) is 0 Å². The van der Waals surface area contributed by atoms with Gasteiger partial charge in [-0.05, 0) is 32.0 Å². The Morgan fingerprint density at radius 2 is 2.10 bits per heavy atom. The molecule has 0 aliphatic carbocycles. The van der Waals surface area contributed by atoms with Crippen LogP contribution < -0.4 is 9.47 Å². The highest BCUT2D eigenvalue weighted by molar-refractivity contribution is 7.15. The van der Waals surface area contributed by atoms with Gasteiger partial charge in [0.25, 0.3) is 0 Å². The number of methoxy groups -OCH3 is 1. The smallest absolute Gasteiger partial charge is 0.161 e. The van der Waals surface area contributed by atoms with Crippen LogP contribution in [0.3, 0.4) is 0 Å². The molecule has 1 aromatic carbocycles. The molecular formula is C15H19NO3S. The fourth-order valence-electron chi connectivity index (χ4n) is 1.96. The predicted molar refractivity (Wildman–Crippen MR) is 80.8 cm³/mol. The van der Waals surface area contributed by atoms with Gasteiger partial charge in [-0.25, -0.2) is 4.98 Å². The van der Waals surface area contributed by atoms with Crippen molar-refractivity contribution in [1.82, 2.24) is 4.98 Å². The summed E-state index contributed by atoms with van der Waals surface area (Å²) in [5.74, 6) is 1.45. The van der Waals surface area contributed by atoms with E-state index in [1.54, 1.807) is 18.4 Å². The zero-order valence-corrected chi connectivity index (χ0v) is 12.8. The van der Waals surface area contributed by atoms with Gasteiger partial charge in [-0.15, -0.1) is 11.3 Å². The fourth-order valence-corrected chi connectivity index (χ4v) is 3.01. The summed E-state index contributed by atoms with van der Waals surface area (Å²) in [4.78, 5) is 5.69. The van der Waals surface area contributed by atoms with E-state index < -0.39 is 0 Å². The van der Waals surface area contributed by atoms with E-state index in [-0.39, 0.29) is 6.61 Å². The van der Waals surface area contributed by atoms with Crippen molar-refractivity contribution in [3.8, 4) is 22.1 Å². The average molecular weight is 293 g/mol. The number of thiazole rings is 1. The Hall–Kier alpha value is -1.59. The average Bonchev–Trinajstić information content (AvgIpc) is 2.81. The number of hydrogen-bond donors (Lipinski definition) is 1. The Labute approximate surface area is 123 Å². The maximum absolute atomic E-state index is 9.05. The van der Waals surface area contributed by atoms with Crippen LogP contribution in [0.5, 0.6) is 11.5 Å². The number of ether oxygens (including phenoxy) is 2. The molecule has 1 aromatic heterocycles. The van der Waals surface area contributed by atoms with Crippen LogP contribution in [-0.2, 0) is 6.42 Å². The standard InChI is InChI=1S/C15H19NO3S/c1-4-19-13-9-11(5-6-12(13)18-3)15-16-10(2)14(20-15)7-8-17/h5-6,9,17H,4,7-8H2,1-3H3. The van der Waals surface area contributed by atoms with Crippen LogP contribution in [0.25, 0.3) is 10.6 Å². The van der Waals surface area contributed by atoms with E-state index >= 15 is 0 Å². The van der Waals surface area contributed by atoms with Crippen molar-refractivity contribution in [3.05, 3.63) is 28.8 Å². The van der Waals surface area contributed by atoms with Gasteiger partial charge in [0.1, 0.15) is 5.01 Å². The summed E-state index contributed by atoms with van der Waals surface area (Å²) in [6, 6.07) is 5.81. The summed E-state index contributed by atoms with van der Waals surface area (Å²) in [7, 11) is 1.63. The second kappa shape index (κ2) is 6.72. The lowest BCUT2D eigenvalue weighted by molar-refractivity contribution is 0.300. The van der Waals surface area contributed by atoms with Crippen LogP contribution in [0.1, 0.15) is 17.5 Å². The molecule has 108 valence electrons. The summed E-state index contributed by atoms with van der Waals surface area (Å²) in [6.45, 7) is 4.65. The van der Waals surface area contributed by atoms with Crippen LogP contribution >= 0.6 is 11.3 Å². The molecule has 0 aliphatic heterocycles. The first-order valence-electron chi connectivity index (χ1n) is 6.58. The fraction of sp³-hybridized carbons (Fsp3) is 0.400. The minimum absolute atomic E-state index is 0.148. The molecule has 2 rings (SSSR count). The molecule has 0 fully saturated rings. The van der Waals surface area contributed by atoms with Gasteiger partial charge in [0.15, 0.2) is 11.5 Å². The van der Waals surface area contributed by atoms with Gasteiger partial charge in [-0.1, -0.05) is 0 Å². The zero-order valence-electron chi connectivity index (χ0n) is 12.0. The van der Waals surface area contributed by atoms with Crippen molar-refractivity contribution < 1.29 is 14.6 Å². The van der Waals surface area contributed by atoms with Gasteiger partial charge in [0, 0.05) is 23.5 Å². The van der Waals surface area contributed by atoms with Gasteiger partial charge in [-0.3, -0.25) is 0 Å². The van der Waals surface area contributed by atoms with Gasteiger partial charge >= 0.3 is 0 Å². The van der Waals surface area contributed by atoms with Crippen molar-refractivity contribution in [2.75, 3.05) is 20.3 Å². The number of aliphatic hydroxyl groups excluding tert-OH is 1. The van der Waals surface area contributed by atoms with Crippen LogP contribution in [0, 0.1) is 6.92 Å². The third-order valence-corrected chi connectivity index (χ3v) is 4.21. The van der Waals surface area contributed by atoms with Crippen molar-refractivity contribution >= 4 is 11.3 Å². The maximum Gasteiger partial charge on any atom is 0.161 e. The highest BCUT2D eigenvalue weighted by Gasteiger charge is 2.12. The Kier molecular flexibility index (Phi) is 4.98. The molecule has 0 spiro atoms. The van der Waals surface area contributed by atoms with Crippen LogP contribution in [-0.4, -0.2) is 30.4 Å². The van der Waals surface area contributed by atoms with Gasteiger partial charge in [0.2, 0.25) is 0 Å². The zero-order chi connectivity index (χ0) is 14.5. The van der Waals surface area contributed by atoms with Crippen molar-refractivity contribution in [2.24, 2.45) is 0 Å². The third-order valence-electron chi connectivity index (χ3n) is 2.94. The van der Waals surface area contributed by atoms with Gasteiger partial charge < -0.3 is 14.6 Å². The first-order valence-corrected chi connectivity index (χ1v) is 7.39. The minimum Gasteiger partial charge on any atom is -0.493 e. The molecule has 0 amide bonds. The second-order valence-electron chi connectivity index (χ2n) is 4.30. The molecule has 1 N–H and O–H groups in total. The Bertz CT molecular complexity index is 580. The van der Waals surface area contributed by atoms with Crippen LogP contribution in [0.15, 0.2) is 18.2 Å². The second-order valence-corrected chi connectivity index (χ2v) is 5.38. The number of aryl methyl sites for hydroxylation is 1. The molecular weight excluding hydrogens is 274 g/mol. The number of nitrogens with zero attached hydrogens (tertiary/aromatic N) is 1. The molecule has 0 unspecified atom stereocenters. The first kappa shape index (κ1) is 14.8. The highest BCUT2D eigenvalue weighted by atomic mass is 32.1. The Morgan fingerprint density at radius 1 is 1.30 bits per heavy atom. The molecule has 0 saturated carbocycles. The summed E-state index contributed by atoms with van der Waals surface area (Å²) < 4.78 is 10.9. The molecule has 0 atom stereocenters. The lowest BCUT2D eigenvalue weighted by Crippen LogP contribution is -1.95. The third kappa shape index (κ3) is 3.11. The predicted octanol–water partition coefficient (Wildman–Crippen LogP) is 3.06. The molecule has 0 aliphatic rings. The van der Waals surface area contributed by atoms with E-state index in [1.807, 2.05) is 32.0 Å². The van der Waals surface area contributed by atoms with Crippen molar-refractivity contribution in [3.63, 3.8) is 0 Å². The topological polar surface area (TPSA) is 51.6 Å². The molecule has 0 bridgehead atoms. The largest absolute Gasteiger partial charge is 0.493 e. The van der Waals surface area contributed by atoms with E-state index in [1.165, 1.54) is 0 Å². The number of aromatic nitrogens is 1. The summed E-state index contributed by atoms with van der Waals surface area (Å²) >= 11 is 1.61. The van der Waals surface area contributed by atoms with Gasteiger partial charge in [-0.2, -0.15) is 0 Å². The molecule has 20 heavy (non-hydrogen) atoms. The molecule has 2 aromatic rings. The van der Waals surface area contributed by atoms with Crippen molar-refractivity contribution in [1.29, 1.82) is 0 Å². The summed E-state index contributed by atoms with van der Waals surface area (Å²) in [5.41, 5.74) is 1.99. The summed E-state index contributed by atoms with van der Waals surface area (Å²) in [5, 5.41) is 9.99. The first-order chi connectivity index (χ1) is 9.69. The summed E-state index contributed by atoms with van der Waals surface area (Å²) in [6.07, 6.45) is 0.651. The molecule has 0 radical (unpaired) electrons. The maximum atomic E-state index is 9.05. The number of aliphatic hydroxyl groups is 1. The van der Waals surface area contributed by atoms with E-state index in [0.717, 1.165) is 32.6 Å². The number of benzene rings is 1. The Morgan fingerprint density at radius 3 is 2.75 bits per heavy atom. The monoisotopic (exact) mass is 293 g/mol. The van der Waals surface area contributed by atoms with Crippen LogP contribution in [0.2, 0.25) is 0 Å². The van der Waals surface area contributed by atoms with Crippen molar-refractivity contribution in [2.45, 2.75) is 20.3 Å². The molecule has 0 saturated heterocycles. The molecule has 4 nitrogen and oxygen atoms in total. The lowest BCUT2D eigenvalue weighted by Gasteiger charge is -2.10. The SMILES string of the molecule is CCOc1cc(-c2nc(C)c(CCO)s2)ccc1OC. The van der Waals surface area contributed by atoms with E-state index in [0.29, 0.717) is 13.0 Å². The molecule has 5 heteroatoms. The minimum atomic E-state index is 0.148. The van der Waals surface area contributed by atoms with Gasteiger partial charge in [0.05, 0.1) is 19.4 Å². The molecule has 1 heterocycles. The number of rotatable bonds is 6. The normalized spacial score (nSPS) is 10.6. The number of hydrogen-bond acceptors (Lipinski definition) is 5. The van der Waals surface area contributed by atoms with Crippen LogP contribution in [0.4, 0.5) is 0 Å². The Balaban J connectivity index is 2.37. The van der Waals surface area contributed by atoms with E-state index in [2.05, 4.69) is 4.98 Å². The quantitative estimate of drug-likeness (QED) is 0.889. The lowest BCUT2D eigenvalue weighted by atomic mass is 10.2. The van der Waals surface area contributed by atoms with E-state index in [4.69, 9.17) is 14.6 Å².